The van der Waals surface area contributed by atoms with Gasteiger partial charge in [-0.3, -0.25) is 4.79 Å². The van der Waals surface area contributed by atoms with Gasteiger partial charge in [0.15, 0.2) is 0 Å². The van der Waals surface area contributed by atoms with Crippen molar-refractivity contribution in [3.05, 3.63) is 70.8 Å². The van der Waals surface area contributed by atoms with E-state index in [9.17, 15) is 44.7 Å². The molecule has 0 aliphatic heterocycles. The number of nitrogens with zero attached hydrogens (tertiary/aromatic N) is 2. The lowest BCUT2D eigenvalue weighted by Gasteiger charge is -2.14. The summed E-state index contributed by atoms with van der Waals surface area (Å²) in [6.07, 6.45) is -8.74. The highest BCUT2D eigenvalue weighted by atomic mass is 35.5. The fourth-order valence-corrected chi connectivity index (χ4v) is 4.25. The van der Waals surface area contributed by atoms with Gasteiger partial charge in [0.25, 0.3) is 15.9 Å². The molecule has 0 aliphatic rings. The topological polar surface area (TPSA) is 101 Å². The van der Waals surface area contributed by atoms with Crippen molar-refractivity contribution in [2.24, 2.45) is 0 Å². The van der Waals surface area contributed by atoms with Crippen LogP contribution in [0.15, 0.2) is 53.8 Å². The molecule has 1 heterocycles. The van der Waals surface area contributed by atoms with E-state index in [-0.39, 0.29) is 6.07 Å². The maximum absolute atomic E-state index is 13.0. The summed E-state index contributed by atoms with van der Waals surface area (Å²) < 4.78 is 105. The second-order valence-electron chi connectivity index (χ2n) is 6.45. The predicted octanol–water partition coefficient (Wildman–Crippen LogP) is 4.39. The molecule has 0 spiro atoms. The van der Waals surface area contributed by atoms with Crippen LogP contribution in [-0.4, -0.2) is 29.0 Å². The Morgan fingerprint density at radius 2 is 1.61 bits per heavy atom. The minimum absolute atomic E-state index is 0.0727. The molecule has 0 atom stereocenters. The summed E-state index contributed by atoms with van der Waals surface area (Å²) in [4.78, 5) is 15.0. The van der Waals surface area contributed by atoms with Crippen molar-refractivity contribution in [3.63, 3.8) is 0 Å². The Bertz CT molecular complexity index is 1280. The predicted molar refractivity (Wildman–Crippen MR) is 101 cm³/mol. The molecule has 3 aromatic rings. The number of imidazole rings is 1. The van der Waals surface area contributed by atoms with E-state index in [1.54, 1.807) is 4.72 Å². The lowest BCUT2D eigenvalue weighted by Crippen LogP contribution is -2.31. The van der Waals surface area contributed by atoms with Crippen LogP contribution in [-0.2, 0) is 22.4 Å². The van der Waals surface area contributed by atoms with Crippen molar-refractivity contribution < 1.29 is 44.7 Å². The van der Waals surface area contributed by atoms with Crippen LogP contribution in [0.25, 0.3) is 5.69 Å². The average Bonchev–Trinajstić information content (AvgIpc) is 3.16. The van der Waals surface area contributed by atoms with Crippen molar-refractivity contribution in [1.82, 2.24) is 14.3 Å². The Labute approximate surface area is 186 Å². The van der Waals surface area contributed by atoms with Gasteiger partial charge in [0.2, 0.25) is 0 Å². The average molecular weight is 514 g/mol. The molecule has 15 heteroatoms. The third kappa shape index (κ3) is 5.22. The van der Waals surface area contributed by atoms with Gasteiger partial charge in [-0.15, -0.1) is 0 Å². The molecule has 0 unspecified atom stereocenters. The second-order valence-corrected chi connectivity index (χ2v) is 8.48. The number of alkyl halides is 6. The number of hydrogen-bond acceptors (Lipinski definition) is 5. The molecule has 7 nitrogen and oxygen atoms in total. The number of carbonyl (C=O) groups is 1. The summed E-state index contributed by atoms with van der Waals surface area (Å²) in [5.74, 6) is -2.15. The lowest BCUT2D eigenvalue weighted by atomic mass is 10.1. The lowest BCUT2D eigenvalue weighted by molar-refractivity contribution is -0.143. The Kier molecular flexibility index (Phi) is 6.10. The first-order valence-electron chi connectivity index (χ1n) is 8.48. The van der Waals surface area contributed by atoms with E-state index in [4.69, 9.17) is 11.6 Å². The van der Waals surface area contributed by atoms with E-state index in [2.05, 4.69) is 4.98 Å². The zero-order valence-electron chi connectivity index (χ0n) is 15.7. The van der Waals surface area contributed by atoms with E-state index in [1.165, 1.54) is 6.07 Å². The number of sulfonamides is 1. The zero-order chi connectivity index (χ0) is 24.8. The summed E-state index contributed by atoms with van der Waals surface area (Å²) in [6.45, 7) is 0. The van der Waals surface area contributed by atoms with Gasteiger partial charge in [-0.25, -0.2) is 18.1 Å². The van der Waals surface area contributed by atoms with Crippen molar-refractivity contribution in [3.8, 4) is 11.4 Å². The Morgan fingerprint density at radius 3 is 2.12 bits per heavy atom. The highest BCUT2D eigenvalue weighted by molar-refractivity contribution is 7.90. The molecule has 1 amide bonds. The van der Waals surface area contributed by atoms with Gasteiger partial charge in [-0.05, 0) is 30.3 Å². The van der Waals surface area contributed by atoms with Gasteiger partial charge in [-0.1, -0.05) is 17.7 Å². The third-order valence-corrected chi connectivity index (χ3v) is 5.98. The normalized spacial score (nSPS) is 12.6. The highest BCUT2D eigenvalue weighted by Crippen LogP contribution is 2.37. The third-order valence-electron chi connectivity index (χ3n) is 4.13. The van der Waals surface area contributed by atoms with Crippen molar-refractivity contribution in [1.29, 1.82) is 0 Å². The minimum atomic E-state index is -5.10. The summed E-state index contributed by atoms with van der Waals surface area (Å²) in [6, 6.07) is 4.09. The zero-order valence-corrected chi connectivity index (χ0v) is 17.3. The van der Waals surface area contributed by atoms with Gasteiger partial charge in [-0.2, -0.15) is 26.3 Å². The number of nitrogens with one attached hydrogen (secondary N) is 1. The number of aromatic nitrogens is 2. The molecule has 0 radical (unpaired) electrons. The van der Waals surface area contributed by atoms with E-state index >= 15 is 0 Å². The van der Waals surface area contributed by atoms with Gasteiger partial charge in [0.05, 0.1) is 16.1 Å². The second kappa shape index (κ2) is 8.26. The Morgan fingerprint density at radius 1 is 1.03 bits per heavy atom. The molecule has 1 aromatic heterocycles. The quantitative estimate of drug-likeness (QED) is 0.504. The van der Waals surface area contributed by atoms with Crippen LogP contribution >= 0.6 is 11.6 Å². The SMILES string of the molecule is O=C(NS(=O)(=O)c1c(O)cccc1Cl)c1cn(-c2cc(C(F)(F)F)cc(C(F)(F)F)c2)cn1. The van der Waals surface area contributed by atoms with Crippen LogP contribution in [0.5, 0.6) is 5.75 Å². The standard InChI is InChI=1S/C18H10ClF6N3O4S/c19-12-2-1-3-14(29)15(12)33(31,32)27-16(30)13-7-28(8-26-13)11-5-9(17(20,21)22)4-10(6-11)18(23,24)25/h1-8,29H,(H,27,30). The van der Waals surface area contributed by atoms with E-state index in [0.717, 1.165) is 24.7 Å². The molecule has 0 fully saturated rings. The molecule has 0 saturated heterocycles. The van der Waals surface area contributed by atoms with Crippen molar-refractivity contribution >= 4 is 27.5 Å². The first-order chi connectivity index (χ1) is 15.1. The van der Waals surface area contributed by atoms with Gasteiger partial charge >= 0.3 is 12.4 Å². The molecule has 2 aromatic carbocycles. The van der Waals surface area contributed by atoms with Gasteiger partial charge in [0, 0.05) is 11.9 Å². The number of phenolic OH excluding ortho intramolecular Hbond substituents is 1. The van der Waals surface area contributed by atoms with Crippen molar-refractivity contribution in [2.45, 2.75) is 17.2 Å². The molecule has 33 heavy (non-hydrogen) atoms. The van der Waals surface area contributed by atoms with Crippen LogP contribution in [0.1, 0.15) is 21.6 Å². The number of aromatic hydroxyl groups is 1. The van der Waals surface area contributed by atoms with Crippen LogP contribution < -0.4 is 4.72 Å². The van der Waals surface area contributed by atoms with Gasteiger partial charge < -0.3 is 9.67 Å². The first kappa shape index (κ1) is 24.4. The smallest absolute Gasteiger partial charge is 0.416 e. The number of phenols is 1. The number of hydrogen-bond donors (Lipinski definition) is 2. The monoisotopic (exact) mass is 513 g/mol. The van der Waals surface area contributed by atoms with E-state index in [1.807, 2.05) is 0 Å². The molecule has 3 rings (SSSR count). The number of amides is 1. The molecule has 2 N–H and O–H groups in total. The fraction of sp³-hybridized carbons (Fsp3) is 0.111. The number of carbonyl (C=O) groups excluding carboxylic acids is 1. The molecule has 176 valence electrons. The number of benzene rings is 2. The number of halogens is 7. The largest absolute Gasteiger partial charge is 0.506 e. The van der Waals surface area contributed by atoms with Gasteiger partial charge in [0.1, 0.15) is 22.7 Å². The van der Waals surface area contributed by atoms with E-state index < -0.39 is 66.5 Å². The molecular formula is C18H10ClF6N3O4S. The van der Waals surface area contributed by atoms with Crippen LogP contribution in [0, 0.1) is 0 Å². The molecular weight excluding hydrogens is 504 g/mol. The summed E-state index contributed by atoms with van der Waals surface area (Å²) in [7, 11) is -4.70. The van der Waals surface area contributed by atoms with Crippen LogP contribution in [0.3, 0.4) is 0 Å². The molecule has 0 bridgehead atoms. The van der Waals surface area contributed by atoms with Crippen LogP contribution in [0.4, 0.5) is 26.3 Å². The summed E-state index contributed by atoms with van der Waals surface area (Å²) in [5, 5.41) is 9.32. The highest BCUT2D eigenvalue weighted by Gasteiger charge is 2.37. The summed E-state index contributed by atoms with van der Waals surface area (Å²) in [5.41, 5.74) is -4.47. The Balaban J connectivity index is 1.96. The van der Waals surface area contributed by atoms with Crippen molar-refractivity contribution in [2.75, 3.05) is 0 Å². The summed E-state index contributed by atoms with van der Waals surface area (Å²) >= 11 is 5.74. The first-order valence-corrected chi connectivity index (χ1v) is 10.3. The maximum Gasteiger partial charge on any atom is 0.416 e. The molecule has 0 saturated carbocycles. The molecule has 0 aliphatic carbocycles. The Hall–Kier alpha value is -3.26. The minimum Gasteiger partial charge on any atom is -0.506 e. The van der Waals surface area contributed by atoms with Crippen LogP contribution in [0.2, 0.25) is 5.02 Å². The fourth-order valence-electron chi connectivity index (χ4n) is 2.66. The maximum atomic E-state index is 13.0. The number of rotatable bonds is 4. The van der Waals surface area contributed by atoms with E-state index in [0.29, 0.717) is 16.7 Å².